The zero-order chi connectivity index (χ0) is 13.1. The fourth-order valence-corrected chi connectivity index (χ4v) is 2.07. The largest absolute Gasteiger partial charge is 0.322 e. The summed E-state index contributed by atoms with van der Waals surface area (Å²) in [4.78, 5) is 4.24. The van der Waals surface area contributed by atoms with Gasteiger partial charge in [-0.25, -0.2) is 4.39 Å². The lowest BCUT2D eigenvalue weighted by atomic mass is 10.0. The molecule has 1 aromatic heterocycles. The van der Waals surface area contributed by atoms with Gasteiger partial charge in [0.25, 0.3) is 0 Å². The van der Waals surface area contributed by atoms with Gasteiger partial charge in [-0.2, -0.15) is 0 Å². The van der Waals surface area contributed by atoms with Crippen LogP contribution in [-0.2, 0) is 6.42 Å². The standard InChI is InChI=1S/C13H11BrClFN2/c14-9-2-4-13(18-7-9)12(17)6-8-1-3-11(16)10(15)5-8/h1-5,7,12H,6,17H2. The molecule has 0 radical (unpaired) electrons. The van der Waals surface area contributed by atoms with Gasteiger partial charge in [0, 0.05) is 10.7 Å². The Balaban J connectivity index is 2.13. The number of rotatable bonds is 3. The van der Waals surface area contributed by atoms with Crippen LogP contribution in [0.4, 0.5) is 4.39 Å². The maximum absolute atomic E-state index is 13.0. The third kappa shape index (κ3) is 3.28. The molecule has 0 aliphatic rings. The smallest absolute Gasteiger partial charge is 0.141 e. The van der Waals surface area contributed by atoms with Crippen molar-refractivity contribution >= 4 is 27.5 Å². The van der Waals surface area contributed by atoms with Crippen LogP contribution in [0.2, 0.25) is 5.02 Å². The van der Waals surface area contributed by atoms with Gasteiger partial charge < -0.3 is 5.73 Å². The van der Waals surface area contributed by atoms with Crippen LogP contribution < -0.4 is 5.73 Å². The number of halogens is 3. The zero-order valence-corrected chi connectivity index (χ0v) is 11.7. The van der Waals surface area contributed by atoms with Crippen molar-refractivity contribution < 1.29 is 4.39 Å². The first-order valence-corrected chi connectivity index (χ1v) is 6.54. The molecule has 0 saturated heterocycles. The van der Waals surface area contributed by atoms with Crippen molar-refractivity contribution in [3.8, 4) is 0 Å². The molecule has 2 aromatic rings. The molecule has 1 aromatic carbocycles. The van der Waals surface area contributed by atoms with Gasteiger partial charge in [0.2, 0.25) is 0 Å². The molecule has 2 N–H and O–H groups in total. The van der Waals surface area contributed by atoms with E-state index in [4.69, 9.17) is 17.3 Å². The number of nitrogens with two attached hydrogens (primary N) is 1. The molecule has 1 heterocycles. The topological polar surface area (TPSA) is 38.9 Å². The molecule has 0 aliphatic heterocycles. The maximum atomic E-state index is 13.0. The molecule has 1 atom stereocenters. The monoisotopic (exact) mass is 328 g/mol. The van der Waals surface area contributed by atoms with Gasteiger partial charge in [-0.3, -0.25) is 4.98 Å². The van der Waals surface area contributed by atoms with Crippen molar-refractivity contribution in [2.45, 2.75) is 12.5 Å². The summed E-state index contributed by atoms with van der Waals surface area (Å²) in [6.07, 6.45) is 2.27. The van der Waals surface area contributed by atoms with E-state index in [1.165, 1.54) is 6.07 Å². The van der Waals surface area contributed by atoms with E-state index in [1.54, 1.807) is 18.3 Å². The number of benzene rings is 1. The average Bonchev–Trinajstić information content (AvgIpc) is 2.34. The Morgan fingerprint density at radius 1 is 1.33 bits per heavy atom. The van der Waals surface area contributed by atoms with E-state index >= 15 is 0 Å². The van der Waals surface area contributed by atoms with Crippen LogP contribution in [0.5, 0.6) is 0 Å². The quantitative estimate of drug-likeness (QED) is 0.928. The molecular weight excluding hydrogens is 319 g/mol. The Kier molecular flexibility index (Phi) is 4.32. The Hall–Kier alpha value is -0.970. The predicted octanol–water partition coefficient (Wildman–Crippen LogP) is 3.88. The van der Waals surface area contributed by atoms with E-state index in [2.05, 4.69) is 20.9 Å². The molecule has 1 unspecified atom stereocenters. The fraction of sp³-hybridized carbons (Fsp3) is 0.154. The summed E-state index contributed by atoms with van der Waals surface area (Å²) in [7, 11) is 0. The molecule has 0 aliphatic carbocycles. The first kappa shape index (κ1) is 13.5. The van der Waals surface area contributed by atoms with Crippen LogP contribution in [0.3, 0.4) is 0 Å². The van der Waals surface area contributed by atoms with Crippen LogP contribution in [0.1, 0.15) is 17.3 Å². The van der Waals surface area contributed by atoms with E-state index < -0.39 is 5.82 Å². The molecule has 0 spiro atoms. The molecule has 2 rings (SSSR count). The highest BCUT2D eigenvalue weighted by Crippen LogP contribution is 2.20. The fourth-order valence-electron chi connectivity index (χ4n) is 1.63. The van der Waals surface area contributed by atoms with Gasteiger partial charge in [-0.15, -0.1) is 0 Å². The Morgan fingerprint density at radius 2 is 2.11 bits per heavy atom. The number of aromatic nitrogens is 1. The Bertz CT molecular complexity index is 545. The highest BCUT2D eigenvalue weighted by molar-refractivity contribution is 9.10. The molecular formula is C13H11BrClFN2. The second kappa shape index (κ2) is 5.78. The van der Waals surface area contributed by atoms with Crippen LogP contribution in [0, 0.1) is 5.82 Å². The van der Waals surface area contributed by atoms with Crippen molar-refractivity contribution in [3.05, 3.63) is 63.1 Å². The van der Waals surface area contributed by atoms with Crippen LogP contribution >= 0.6 is 27.5 Å². The van der Waals surface area contributed by atoms with E-state index in [9.17, 15) is 4.39 Å². The summed E-state index contributed by atoms with van der Waals surface area (Å²) in [5, 5.41) is 0.114. The third-order valence-corrected chi connectivity index (χ3v) is 3.33. The minimum absolute atomic E-state index is 0.114. The second-order valence-electron chi connectivity index (χ2n) is 3.96. The highest BCUT2D eigenvalue weighted by Gasteiger charge is 2.10. The van der Waals surface area contributed by atoms with Crippen molar-refractivity contribution in [1.82, 2.24) is 4.98 Å². The SMILES string of the molecule is NC(Cc1ccc(F)c(Cl)c1)c1ccc(Br)cn1. The number of hydrogen-bond acceptors (Lipinski definition) is 2. The summed E-state index contributed by atoms with van der Waals surface area (Å²) in [5.41, 5.74) is 7.73. The maximum Gasteiger partial charge on any atom is 0.141 e. The number of nitrogens with zero attached hydrogens (tertiary/aromatic N) is 1. The van der Waals surface area contributed by atoms with Gasteiger partial charge in [-0.05, 0) is 52.2 Å². The summed E-state index contributed by atoms with van der Waals surface area (Å²) in [5.74, 6) is -0.421. The molecule has 0 amide bonds. The van der Waals surface area contributed by atoms with Crippen molar-refractivity contribution in [3.63, 3.8) is 0 Å². The first-order chi connectivity index (χ1) is 8.56. The zero-order valence-electron chi connectivity index (χ0n) is 9.41. The number of hydrogen-bond donors (Lipinski definition) is 1. The van der Waals surface area contributed by atoms with Gasteiger partial charge in [0.1, 0.15) is 5.82 Å². The van der Waals surface area contributed by atoms with Gasteiger partial charge >= 0.3 is 0 Å². The van der Waals surface area contributed by atoms with Crippen LogP contribution in [0.15, 0.2) is 41.0 Å². The molecule has 0 fully saturated rings. The average molecular weight is 330 g/mol. The molecule has 0 saturated carbocycles. The van der Waals surface area contributed by atoms with E-state index in [1.807, 2.05) is 12.1 Å². The van der Waals surface area contributed by atoms with E-state index in [0.717, 1.165) is 15.7 Å². The third-order valence-electron chi connectivity index (χ3n) is 2.57. The predicted molar refractivity (Wildman–Crippen MR) is 74.0 cm³/mol. The van der Waals surface area contributed by atoms with Crippen LogP contribution in [0.25, 0.3) is 0 Å². The Labute approximate surface area is 118 Å². The van der Waals surface area contributed by atoms with Crippen molar-refractivity contribution in [2.24, 2.45) is 5.73 Å². The van der Waals surface area contributed by atoms with Crippen molar-refractivity contribution in [1.29, 1.82) is 0 Å². The van der Waals surface area contributed by atoms with Gasteiger partial charge in [0.05, 0.1) is 16.8 Å². The van der Waals surface area contributed by atoms with E-state index in [-0.39, 0.29) is 11.1 Å². The lowest BCUT2D eigenvalue weighted by molar-refractivity contribution is 0.625. The Morgan fingerprint density at radius 3 is 2.72 bits per heavy atom. The van der Waals surface area contributed by atoms with Crippen molar-refractivity contribution in [2.75, 3.05) is 0 Å². The molecule has 94 valence electrons. The lowest BCUT2D eigenvalue weighted by Gasteiger charge is -2.11. The summed E-state index contributed by atoms with van der Waals surface area (Å²) >= 11 is 9.04. The van der Waals surface area contributed by atoms with Gasteiger partial charge in [-0.1, -0.05) is 17.7 Å². The van der Waals surface area contributed by atoms with E-state index in [0.29, 0.717) is 6.42 Å². The normalized spacial score (nSPS) is 12.4. The second-order valence-corrected chi connectivity index (χ2v) is 5.28. The highest BCUT2D eigenvalue weighted by atomic mass is 79.9. The first-order valence-electron chi connectivity index (χ1n) is 5.37. The summed E-state index contributed by atoms with van der Waals surface area (Å²) in [6, 6.07) is 8.13. The van der Waals surface area contributed by atoms with Gasteiger partial charge in [0.15, 0.2) is 0 Å². The summed E-state index contributed by atoms with van der Waals surface area (Å²) in [6.45, 7) is 0. The summed E-state index contributed by atoms with van der Waals surface area (Å²) < 4.78 is 13.9. The number of pyridine rings is 1. The lowest BCUT2D eigenvalue weighted by Crippen LogP contribution is -2.14. The molecule has 2 nitrogen and oxygen atoms in total. The molecule has 18 heavy (non-hydrogen) atoms. The minimum Gasteiger partial charge on any atom is -0.322 e. The minimum atomic E-state index is -0.421. The van der Waals surface area contributed by atoms with Crippen LogP contribution in [-0.4, -0.2) is 4.98 Å². The molecule has 0 bridgehead atoms. The molecule has 5 heteroatoms.